The average Bonchev–Trinajstić information content (AvgIpc) is 2.52. The fraction of sp³-hybridized carbons (Fsp3) is 0.438. The molecule has 1 atom stereocenters. The largest absolute Gasteiger partial charge is 0.494 e. The standard InChI is InChI=1S/C16H19ClN2O2/c17-16-6-3-12-10-14(4-5-15(12)19-16)21-8-1-2-13-11-20-9-7-18-13/h3-6,10,13,18H,1-2,7-9,11H2. The van der Waals surface area contributed by atoms with Crippen molar-refractivity contribution in [2.75, 3.05) is 26.4 Å². The summed E-state index contributed by atoms with van der Waals surface area (Å²) in [6.07, 6.45) is 2.09. The van der Waals surface area contributed by atoms with Crippen molar-refractivity contribution < 1.29 is 9.47 Å². The lowest BCUT2D eigenvalue weighted by Crippen LogP contribution is -2.41. The lowest BCUT2D eigenvalue weighted by Gasteiger charge is -2.23. The van der Waals surface area contributed by atoms with Crippen LogP contribution in [0.5, 0.6) is 5.75 Å². The fourth-order valence-electron chi connectivity index (χ4n) is 2.49. The molecule has 0 aliphatic carbocycles. The van der Waals surface area contributed by atoms with Gasteiger partial charge in [0.05, 0.1) is 25.3 Å². The summed E-state index contributed by atoms with van der Waals surface area (Å²) >= 11 is 5.88. The van der Waals surface area contributed by atoms with Gasteiger partial charge in [0.2, 0.25) is 0 Å². The molecule has 21 heavy (non-hydrogen) atoms. The van der Waals surface area contributed by atoms with Gasteiger partial charge in [0, 0.05) is 18.0 Å². The van der Waals surface area contributed by atoms with Gasteiger partial charge in [-0.3, -0.25) is 0 Å². The number of rotatable bonds is 5. The van der Waals surface area contributed by atoms with Crippen LogP contribution in [0.2, 0.25) is 5.15 Å². The van der Waals surface area contributed by atoms with E-state index in [4.69, 9.17) is 21.1 Å². The summed E-state index contributed by atoms with van der Waals surface area (Å²) in [4.78, 5) is 4.26. The highest BCUT2D eigenvalue weighted by Gasteiger charge is 2.12. The van der Waals surface area contributed by atoms with E-state index in [0.29, 0.717) is 17.8 Å². The van der Waals surface area contributed by atoms with Crippen LogP contribution >= 0.6 is 11.6 Å². The maximum absolute atomic E-state index is 5.88. The number of hydrogen-bond donors (Lipinski definition) is 1. The summed E-state index contributed by atoms with van der Waals surface area (Å²) in [5.41, 5.74) is 0.887. The minimum atomic E-state index is 0.463. The topological polar surface area (TPSA) is 43.4 Å². The van der Waals surface area contributed by atoms with Crippen molar-refractivity contribution in [1.82, 2.24) is 10.3 Å². The number of nitrogens with zero attached hydrogens (tertiary/aromatic N) is 1. The Morgan fingerprint density at radius 3 is 3.14 bits per heavy atom. The molecule has 1 aromatic heterocycles. The highest BCUT2D eigenvalue weighted by atomic mass is 35.5. The molecule has 4 nitrogen and oxygen atoms in total. The van der Waals surface area contributed by atoms with Gasteiger partial charge >= 0.3 is 0 Å². The van der Waals surface area contributed by atoms with E-state index in [1.165, 1.54) is 0 Å². The molecule has 2 aromatic rings. The number of fused-ring (bicyclic) bond motifs is 1. The van der Waals surface area contributed by atoms with Gasteiger partial charge in [-0.05, 0) is 43.2 Å². The van der Waals surface area contributed by atoms with Gasteiger partial charge in [-0.2, -0.15) is 0 Å². The monoisotopic (exact) mass is 306 g/mol. The van der Waals surface area contributed by atoms with Crippen LogP contribution in [0.15, 0.2) is 30.3 Å². The smallest absolute Gasteiger partial charge is 0.129 e. The van der Waals surface area contributed by atoms with Gasteiger partial charge in [0.15, 0.2) is 0 Å². The summed E-state index contributed by atoms with van der Waals surface area (Å²) in [5, 5.41) is 5.00. The maximum atomic E-state index is 5.88. The van der Waals surface area contributed by atoms with Gasteiger partial charge in [-0.25, -0.2) is 4.98 Å². The van der Waals surface area contributed by atoms with Gasteiger partial charge in [0.25, 0.3) is 0 Å². The van der Waals surface area contributed by atoms with Crippen molar-refractivity contribution in [3.8, 4) is 5.75 Å². The predicted molar refractivity (Wildman–Crippen MR) is 84.1 cm³/mol. The number of aromatic nitrogens is 1. The Balaban J connectivity index is 1.49. The van der Waals surface area contributed by atoms with E-state index in [1.807, 2.05) is 24.3 Å². The number of nitrogens with one attached hydrogen (secondary N) is 1. The average molecular weight is 307 g/mol. The molecule has 1 aliphatic heterocycles. The quantitative estimate of drug-likeness (QED) is 0.681. The van der Waals surface area contributed by atoms with Crippen LogP contribution in [0, 0.1) is 0 Å². The Bertz CT molecular complexity index is 600. The van der Waals surface area contributed by atoms with E-state index in [9.17, 15) is 0 Å². The second-order valence-corrected chi connectivity index (χ2v) is 5.59. The molecule has 1 aliphatic rings. The number of hydrogen-bond acceptors (Lipinski definition) is 4. The Morgan fingerprint density at radius 2 is 2.29 bits per heavy atom. The number of benzene rings is 1. The molecule has 5 heteroatoms. The third-order valence-corrected chi connectivity index (χ3v) is 3.80. The molecule has 0 spiro atoms. The first-order valence-electron chi connectivity index (χ1n) is 7.31. The highest BCUT2D eigenvalue weighted by molar-refractivity contribution is 6.29. The molecular weight excluding hydrogens is 288 g/mol. The first kappa shape index (κ1) is 14.6. The normalized spacial score (nSPS) is 18.8. The third kappa shape index (κ3) is 4.06. The van der Waals surface area contributed by atoms with Gasteiger partial charge in [-0.15, -0.1) is 0 Å². The number of ether oxygens (including phenoxy) is 2. The second-order valence-electron chi connectivity index (χ2n) is 5.21. The fourth-order valence-corrected chi connectivity index (χ4v) is 2.65. The van der Waals surface area contributed by atoms with Crippen LogP contribution in [0.3, 0.4) is 0 Å². The molecule has 3 rings (SSSR count). The molecule has 1 N–H and O–H groups in total. The number of halogens is 1. The zero-order valence-corrected chi connectivity index (χ0v) is 12.6. The van der Waals surface area contributed by atoms with Gasteiger partial charge in [0.1, 0.15) is 10.9 Å². The van der Waals surface area contributed by atoms with E-state index in [1.54, 1.807) is 6.07 Å². The summed E-state index contributed by atoms with van der Waals surface area (Å²) < 4.78 is 11.2. The zero-order valence-electron chi connectivity index (χ0n) is 11.8. The van der Waals surface area contributed by atoms with Crippen molar-refractivity contribution in [2.24, 2.45) is 0 Å². The van der Waals surface area contributed by atoms with Crippen molar-refractivity contribution in [3.63, 3.8) is 0 Å². The Kier molecular flexibility index (Phi) is 4.91. The van der Waals surface area contributed by atoms with E-state index in [-0.39, 0.29) is 0 Å². The number of morpholine rings is 1. The van der Waals surface area contributed by atoms with E-state index in [2.05, 4.69) is 10.3 Å². The second kappa shape index (κ2) is 7.07. The third-order valence-electron chi connectivity index (χ3n) is 3.59. The SMILES string of the molecule is Clc1ccc2cc(OCCCC3COCCN3)ccc2n1. The van der Waals surface area contributed by atoms with E-state index in [0.717, 1.165) is 49.3 Å². The van der Waals surface area contributed by atoms with Gasteiger partial charge in [-0.1, -0.05) is 11.6 Å². The molecule has 2 heterocycles. The molecule has 112 valence electrons. The molecule has 1 fully saturated rings. The van der Waals surface area contributed by atoms with Crippen LogP contribution in [0.4, 0.5) is 0 Å². The van der Waals surface area contributed by atoms with Crippen molar-refractivity contribution >= 4 is 22.5 Å². The zero-order chi connectivity index (χ0) is 14.5. The highest BCUT2D eigenvalue weighted by Crippen LogP contribution is 2.21. The summed E-state index contributed by atoms with van der Waals surface area (Å²) in [6, 6.07) is 10.1. The maximum Gasteiger partial charge on any atom is 0.129 e. The lowest BCUT2D eigenvalue weighted by atomic mass is 10.1. The lowest BCUT2D eigenvalue weighted by molar-refractivity contribution is 0.0722. The molecule has 1 saturated heterocycles. The predicted octanol–water partition coefficient (Wildman–Crippen LogP) is 3.04. The Morgan fingerprint density at radius 1 is 1.33 bits per heavy atom. The van der Waals surface area contributed by atoms with Crippen LogP contribution in [-0.4, -0.2) is 37.4 Å². The Labute approximate surface area is 129 Å². The van der Waals surface area contributed by atoms with Gasteiger partial charge < -0.3 is 14.8 Å². The summed E-state index contributed by atoms with van der Waals surface area (Å²) in [5.74, 6) is 0.875. The van der Waals surface area contributed by atoms with Crippen molar-refractivity contribution in [3.05, 3.63) is 35.5 Å². The first-order valence-corrected chi connectivity index (χ1v) is 7.69. The minimum absolute atomic E-state index is 0.463. The molecule has 0 bridgehead atoms. The molecule has 1 unspecified atom stereocenters. The van der Waals surface area contributed by atoms with Crippen LogP contribution in [0.1, 0.15) is 12.8 Å². The Hall–Kier alpha value is -1.36. The minimum Gasteiger partial charge on any atom is -0.494 e. The molecular formula is C16H19ClN2O2. The molecule has 0 amide bonds. The summed E-state index contributed by atoms with van der Waals surface area (Å²) in [7, 11) is 0. The van der Waals surface area contributed by atoms with E-state index >= 15 is 0 Å². The first-order chi connectivity index (χ1) is 10.3. The van der Waals surface area contributed by atoms with Crippen molar-refractivity contribution in [1.29, 1.82) is 0 Å². The van der Waals surface area contributed by atoms with Crippen LogP contribution in [0.25, 0.3) is 10.9 Å². The molecule has 1 aromatic carbocycles. The number of pyridine rings is 1. The van der Waals surface area contributed by atoms with Crippen LogP contribution < -0.4 is 10.1 Å². The van der Waals surface area contributed by atoms with Crippen LogP contribution in [-0.2, 0) is 4.74 Å². The molecule has 0 radical (unpaired) electrons. The summed E-state index contributed by atoms with van der Waals surface area (Å²) in [6.45, 7) is 3.29. The van der Waals surface area contributed by atoms with Crippen molar-refractivity contribution in [2.45, 2.75) is 18.9 Å². The molecule has 0 saturated carbocycles. The van der Waals surface area contributed by atoms with E-state index < -0.39 is 0 Å².